The van der Waals surface area contributed by atoms with Crippen LogP contribution in [0.3, 0.4) is 0 Å². The van der Waals surface area contributed by atoms with Crippen LogP contribution >= 0.6 is 0 Å². The summed E-state index contributed by atoms with van der Waals surface area (Å²) >= 11 is 0. The largest absolute Gasteiger partial charge is 0.480 e. The molecule has 0 aromatic heterocycles. The molecule has 0 aromatic carbocycles. The van der Waals surface area contributed by atoms with E-state index in [0.717, 1.165) is 12.8 Å². The Labute approximate surface area is 107 Å². The maximum atomic E-state index is 12.0. The van der Waals surface area contributed by atoms with E-state index < -0.39 is 12.0 Å². The molecule has 18 heavy (non-hydrogen) atoms. The lowest BCUT2D eigenvalue weighted by molar-refractivity contribution is -0.141. The van der Waals surface area contributed by atoms with Gasteiger partial charge in [0.05, 0.1) is 6.10 Å². The van der Waals surface area contributed by atoms with E-state index in [0.29, 0.717) is 13.1 Å². The highest BCUT2D eigenvalue weighted by molar-refractivity contribution is 5.82. The van der Waals surface area contributed by atoms with Gasteiger partial charge in [-0.3, -0.25) is 0 Å². The maximum Gasteiger partial charge on any atom is 0.326 e. The third kappa shape index (κ3) is 3.35. The van der Waals surface area contributed by atoms with Gasteiger partial charge in [0, 0.05) is 20.1 Å². The van der Waals surface area contributed by atoms with Gasteiger partial charge in [-0.05, 0) is 32.6 Å². The summed E-state index contributed by atoms with van der Waals surface area (Å²) in [6.07, 6.45) is 1.18. The lowest BCUT2D eigenvalue weighted by Gasteiger charge is -2.36. The number of carbonyl (C=O) groups excluding carboxylic acids is 1. The minimum absolute atomic E-state index is 0.233. The predicted octanol–water partition coefficient (Wildman–Crippen LogP) is 0.604. The Hall–Kier alpha value is -1.30. The second-order valence-corrected chi connectivity index (χ2v) is 4.97. The fraction of sp³-hybridized carbons (Fsp3) is 0.833. The van der Waals surface area contributed by atoms with E-state index in [4.69, 9.17) is 5.11 Å². The number of aliphatic hydroxyl groups excluding tert-OH is 1. The van der Waals surface area contributed by atoms with Crippen molar-refractivity contribution in [2.45, 2.75) is 38.8 Å². The van der Waals surface area contributed by atoms with Crippen molar-refractivity contribution in [3.8, 4) is 0 Å². The van der Waals surface area contributed by atoms with Gasteiger partial charge in [0.25, 0.3) is 0 Å². The minimum atomic E-state index is -1.01. The summed E-state index contributed by atoms with van der Waals surface area (Å²) < 4.78 is 0. The quantitative estimate of drug-likeness (QED) is 0.777. The van der Waals surface area contributed by atoms with Crippen molar-refractivity contribution in [2.24, 2.45) is 5.92 Å². The second-order valence-electron chi connectivity index (χ2n) is 4.97. The number of carboxylic acid groups (broad SMARTS) is 1. The fourth-order valence-corrected chi connectivity index (χ4v) is 2.13. The highest BCUT2D eigenvalue weighted by Crippen LogP contribution is 2.21. The molecule has 104 valence electrons. The van der Waals surface area contributed by atoms with Gasteiger partial charge in [0.15, 0.2) is 0 Å². The number of nitrogens with zero attached hydrogens (tertiary/aromatic N) is 2. The number of aliphatic carboxylic acids is 1. The molecule has 0 radical (unpaired) electrons. The Morgan fingerprint density at radius 3 is 2.17 bits per heavy atom. The molecule has 1 fully saturated rings. The van der Waals surface area contributed by atoms with Crippen LogP contribution in [-0.4, -0.2) is 64.3 Å². The Balaban J connectivity index is 2.52. The lowest BCUT2D eigenvalue weighted by Crippen LogP contribution is -2.50. The number of amides is 2. The zero-order valence-corrected chi connectivity index (χ0v) is 11.2. The van der Waals surface area contributed by atoms with Crippen molar-refractivity contribution in [2.75, 3.05) is 20.1 Å². The predicted molar refractivity (Wildman–Crippen MR) is 66.2 cm³/mol. The van der Waals surface area contributed by atoms with Gasteiger partial charge in [0.1, 0.15) is 6.04 Å². The molecule has 0 aliphatic carbocycles. The first-order chi connectivity index (χ1) is 8.34. The van der Waals surface area contributed by atoms with E-state index in [1.165, 1.54) is 18.9 Å². The molecule has 1 heterocycles. The van der Waals surface area contributed by atoms with Crippen molar-refractivity contribution in [3.63, 3.8) is 0 Å². The molecule has 0 bridgehead atoms. The first kappa shape index (κ1) is 14.8. The van der Waals surface area contributed by atoms with Crippen LogP contribution in [0.4, 0.5) is 4.79 Å². The molecule has 2 amide bonds. The highest BCUT2D eigenvalue weighted by Gasteiger charge is 2.30. The van der Waals surface area contributed by atoms with Crippen molar-refractivity contribution < 1.29 is 19.8 Å². The number of piperidine rings is 1. The smallest absolute Gasteiger partial charge is 0.326 e. The molecule has 0 aromatic rings. The molecule has 1 aliphatic rings. The average molecular weight is 258 g/mol. The van der Waals surface area contributed by atoms with Crippen LogP contribution in [0.5, 0.6) is 0 Å². The lowest BCUT2D eigenvalue weighted by atomic mass is 9.92. The van der Waals surface area contributed by atoms with Crippen LogP contribution in [0.25, 0.3) is 0 Å². The first-order valence-electron chi connectivity index (χ1n) is 6.27. The van der Waals surface area contributed by atoms with Crippen LogP contribution < -0.4 is 0 Å². The molecule has 6 heteroatoms. The van der Waals surface area contributed by atoms with Gasteiger partial charge < -0.3 is 20.0 Å². The number of carbonyl (C=O) groups is 2. The molecular formula is C12H22N2O4. The number of hydrogen-bond donors (Lipinski definition) is 2. The summed E-state index contributed by atoms with van der Waals surface area (Å²) in [4.78, 5) is 25.8. The number of likely N-dealkylation sites (tertiary alicyclic amines) is 1. The summed E-state index contributed by atoms with van der Waals surface area (Å²) in [5.41, 5.74) is 0. The third-order valence-corrected chi connectivity index (χ3v) is 3.73. The number of likely N-dealkylation sites (N-methyl/N-ethyl adjacent to an activating group) is 1. The fourth-order valence-electron chi connectivity index (χ4n) is 2.13. The topological polar surface area (TPSA) is 81.1 Å². The van der Waals surface area contributed by atoms with Gasteiger partial charge in [-0.15, -0.1) is 0 Å². The molecule has 1 rings (SSSR count). The Bertz CT molecular complexity index is 311. The molecule has 1 saturated heterocycles. The number of aliphatic hydroxyl groups is 1. The summed E-state index contributed by atoms with van der Waals surface area (Å²) in [5.74, 6) is -0.777. The van der Waals surface area contributed by atoms with Crippen molar-refractivity contribution >= 4 is 12.0 Å². The van der Waals surface area contributed by atoms with Crippen molar-refractivity contribution in [1.82, 2.24) is 9.80 Å². The molecule has 2 unspecified atom stereocenters. The molecular weight excluding hydrogens is 236 g/mol. The van der Waals surface area contributed by atoms with Gasteiger partial charge in [-0.25, -0.2) is 9.59 Å². The normalized spacial score (nSPS) is 20.3. The monoisotopic (exact) mass is 258 g/mol. The molecule has 2 N–H and O–H groups in total. The second kappa shape index (κ2) is 6.04. The number of rotatable bonds is 3. The third-order valence-electron chi connectivity index (χ3n) is 3.73. The van der Waals surface area contributed by atoms with E-state index in [1.807, 2.05) is 0 Å². The molecule has 6 nitrogen and oxygen atoms in total. The van der Waals surface area contributed by atoms with Gasteiger partial charge >= 0.3 is 12.0 Å². The van der Waals surface area contributed by atoms with E-state index in [2.05, 4.69) is 0 Å². The summed E-state index contributed by atoms with van der Waals surface area (Å²) in [6, 6.07) is -1.08. The Kier molecular flexibility index (Phi) is 4.95. The molecule has 1 aliphatic heterocycles. The zero-order valence-electron chi connectivity index (χ0n) is 11.2. The van der Waals surface area contributed by atoms with Crippen LogP contribution in [0.15, 0.2) is 0 Å². The SMILES string of the molecule is CC(O)C1CCN(C(=O)N(C)C(C)C(=O)O)CC1. The Morgan fingerprint density at radius 2 is 1.78 bits per heavy atom. The summed E-state index contributed by atoms with van der Waals surface area (Å²) in [5, 5.41) is 18.3. The number of carboxylic acids is 1. The maximum absolute atomic E-state index is 12.0. The summed E-state index contributed by atoms with van der Waals surface area (Å²) in [7, 11) is 1.50. The average Bonchev–Trinajstić information content (AvgIpc) is 2.36. The van der Waals surface area contributed by atoms with Crippen molar-refractivity contribution in [1.29, 1.82) is 0 Å². The Morgan fingerprint density at radius 1 is 1.28 bits per heavy atom. The number of hydrogen-bond acceptors (Lipinski definition) is 3. The van der Waals surface area contributed by atoms with Crippen LogP contribution in [0.1, 0.15) is 26.7 Å². The van der Waals surface area contributed by atoms with Gasteiger partial charge in [0.2, 0.25) is 0 Å². The van der Waals surface area contributed by atoms with Crippen LogP contribution in [0.2, 0.25) is 0 Å². The van der Waals surface area contributed by atoms with E-state index >= 15 is 0 Å². The number of urea groups is 1. The molecule has 0 spiro atoms. The van der Waals surface area contributed by atoms with Crippen LogP contribution in [-0.2, 0) is 4.79 Å². The van der Waals surface area contributed by atoms with Crippen molar-refractivity contribution in [3.05, 3.63) is 0 Å². The molecule has 2 atom stereocenters. The minimum Gasteiger partial charge on any atom is -0.480 e. The highest BCUT2D eigenvalue weighted by atomic mass is 16.4. The van der Waals surface area contributed by atoms with E-state index in [-0.39, 0.29) is 18.1 Å². The zero-order chi connectivity index (χ0) is 13.9. The first-order valence-corrected chi connectivity index (χ1v) is 6.27. The van der Waals surface area contributed by atoms with Gasteiger partial charge in [-0.1, -0.05) is 0 Å². The van der Waals surface area contributed by atoms with Gasteiger partial charge in [-0.2, -0.15) is 0 Å². The van der Waals surface area contributed by atoms with Crippen LogP contribution in [0, 0.1) is 5.92 Å². The van der Waals surface area contributed by atoms with E-state index in [9.17, 15) is 14.7 Å². The van der Waals surface area contributed by atoms with E-state index in [1.54, 1.807) is 11.8 Å². The standard InChI is InChI=1S/C12H22N2O4/c1-8(11(16)17)13(3)12(18)14-6-4-10(5-7-14)9(2)15/h8-10,15H,4-7H2,1-3H3,(H,16,17). The summed E-state index contributed by atoms with van der Waals surface area (Å²) in [6.45, 7) is 4.40. The molecule has 0 saturated carbocycles.